The maximum atomic E-state index is 11.1. The van der Waals surface area contributed by atoms with Crippen LogP contribution in [-0.4, -0.2) is 22.6 Å². The van der Waals surface area contributed by atoms with E-state index in [0.717, 1.165) is 24.8 Å². The topological polar surface area (TPSA) is 62.2 Å². The van der Waals surface area contributed by atoms with Gasteiger partial charge in [0.05, 0.1) is 0 Å². The molecule has 1 aromatic rings. The minimum Gasteiger partial charge on any atom is -0.478 e. The Balaban J connectivity index is 1.87. The molecule has 5 heteroatoms. The first-order chi connectivity index (χ1) is 9.56. The number of anilines is 1. The molecule has 1 fully saturated rings. The van der Waals surface area contributed by atoms with Crippen LogP contribution < -0.4 is 5.32 Å². The predicted molar refractivity (Wildman–Crippen MR) is 80.4 cm³/mol. The number of carbonyl (C=O) groups is 1. The van der Waals surface area contributed by atoms with Crippen molar-refractivity contribution in [2.75, 3.05) is 11.9 Å². The maximum Gasteiger partial charge on any atom is 0.339 e. The Morgan fingerprint density at radius 2 is 2.10 bits per heavy atom. The SMILES string of the molecule is CC1CCC(CCNc2nc(Cl)ccc2C(=O)O)CC1. The van der Waals surface area contributed by atoms with Crippen molar-refractivity contribution in [1.29, 1.82) is 0 Å². The van der Waals surface area contributed by atoms with Gasteiger partial charge in [-0.1, -0.05) is 44.2 Å². The van der Waals surface area contributed by atoms with E-state index in [9.17, 15) is 4.79 Å². The number of aromatic nitrogens is 1. The van der Waals surface area contributed by atoms with Crippen molar-refractivity contribution in [2.24, 2.45) is 11.8 Å². The van der Waals surface area contributed by atoms with E-state index in [2.05, 4.69) is 17.2 Å². The number of rotatable bonds is 5. The van der Waals surface area contributed by atoms with Crippen LogP contribution in [0.5, 0.6) is 0 Å². The lowest BCUT2D eigenvalue weighted by atomic mass is 9.81. The number of hydrogen-bond acceptors (Lipinski definition) is 3. The average molecular weight is 297 g/mol. The van der Waals surface area contributed by atoms with Crippen LogP contribution in [0, 0.1) is 11.8 Å². The molecular formula is C15H21ClN2O2. The number of halogens is 1. The van der Waals surface area contributed by atoms with E-state index < -0.39 is 5.97 Å². The van der Waals surface area contributed by atoms with E-state index in [1.807, 2.05) is 0 Å². The molecule has 0 amide bonds. The molecule has 1 aliphatic carbocycles. The highest BCUT2D eigenvalue weighted by Crippen LogP contribution is 2.30. The van der Waals surface area contributed by atoms with Crippen LogP contribution in [0.15, 0.2) is 12.1 Å². The fourth-order valence-corrected chi connectivity index (χ4v) is 2.90. The molecular weight excluding hydrogens is 276 g/mol. The standard InChI is InChI=1S/C15H21ClN2O2/c1-10-2-4-11(5-3-10)8-9-17-14-12(15(19)20)6-7-13(16)18-14/h6-7,10-11H,2-5,8-9H2,1H3,(H,17,18)(H,19,20). The summed E-state index contributed by atoms with van der Waals surface area (Å²) >= 11 is 5.82. The third-order valence-electron chi connectivity index (χ3n) is 4.07. The number of nitrogens with one attached hydrogen (secondary N) is 1. The Labute approximate surface area is 124 Å². The van der Waals surface area contributed by atoms with Gasteiger partial charge in [0.25, 0.3) is 0 Å². The smallest absolute Gasteiger partial charge is 0.339 e. The molecule has 0 bridgehead atoms. The normalized spacial score (nSPS) is 22.5. The summed E-state index contributed by atoms with van der Waals surface area (Å²) in [5.74, 6) is 0.982. The van der Waals surface area contributed by atoms with Crippen LogP contribution in [0.3, 0.4) is 0 Å². The van der Waals surface area contributed by atoms with Crippen molar-refractivity contribution < 1.29 is 9.90 Å². The first-order valence-electron chi connectivity index (χ1n) is 7.20. The van der Waals surface area contributed by atoms with E-state index in [-0.39, 0.29) is 5.56 Å². The maximum absolute atomic E-state index is 11.1. The molecule has 2 rings (SSSR count). The highest BCUT2D eigenvalue weighted by Gasteiger charge is 2.18. The lowest BCUT2D eigenvalue weighted by Crippen LogP contribution is -2.17. The van der Waals surface area contributed by atoms with Crippen LogP contribution in [0.1, 0.15) is 49.4 Å². The van der Waals surface area contributed by atoms with Crippen LogP contribution in [-0.2, 0) is 0 Å². The molecule has 2 N–H and O–H groups in total. The third-order valence-corrected chi connectivity index (χ3v) is 4.28. The summed E-state index contributed by atoms with van der Waals surface area (Å²) in [5, 5.41) is 12.5. The quantitative estimate of drug-likeness (QED) is 0.804. The van der Waals surface area contributed by atoms with Gasteiger partial charge in [-0.05, 0) is 30.4 Å². The first kappa shape index (κ1) is 15.1. The Bertz CT molecular complexity index is 471. The average Bonchev–Trinajstić information content (AvgIpc) is 2.41. The fraction of sp³-hybridized carbons (Fsp3) is 0.600. The zero-order chi connectivity index (χ0) is 14.5. The number of nitrogens with zero attached hydrogens (tertiary/aromatic N) is 1. The minimum atomic E-state index is -0.983. The van der Waals surface area contributed by atoms with Gasteiger partial charge in [0.15, 0.2) is 0 Å². The number of carboxylic acid groups (broad SMARTS) is 1. The highest BCUT2D eigenvalue weighted by atomic mass is 35.5. The summed E-state index contributed by atoms with van der Waals surface area (Å²) in [4.78, 5) is 15.2. The second-order valence-corrected chi connectivity index (χ2v) is 6.06. The molecule has 4 nitrogen and oxygen atoms in total. The number of hydrogen-bond donors (Lipinski definition) is 2. The molecule has 20 heavy (non-hydrogen) atoms. The summed E-state index contributed by atoms with van der Waals surface area (Å²) in [6.07, 6.45) is 6.22. The zero-order valence-electron chi connectivity index (χ0n) is 11.7. The monoisotopic (exact) mass is 296 g/mol. The zero-order valence-corrected chi connectivity index (χ0v) is 12.5. The van der Waals surface area contributed by atoms with Gasteiger partial charge in [-0.25, -0.2) is 9.78 Å². The van der Waals surface area contributed by atoms with Gasteiger partial charge < -0.3 is 10.4 Å². The number of pyridine rings is 1. The lowest BCUT2D eigenvalue weighted by Gasteiger charge is -2.26. The molecule has 110 valence electrons. The van der Waals surface area contributed by atoms with E-state index in [4.69, 9.17) is 16.7 Å². The second kappa shape index (κ2) is 6.93. The van der Waals surface area contributed by atoms with Crippen LogP contribution in [0.4, 0.5) is 5.82 Å². The molecule has 0 atom stereocenters. The van der Waals surface area contributed by atoms with Gasteiger partial charge in [0.1, 0.15) is 16.5 Å². The molecule has 0 unspecified atom stereocenters. The van der Waals surface area contributed by atoms with Crippen molar-refractivity contribution in [3.63, 3.8) is 0 Å². The molecule has 1 aliphatic rings. The Hall–Kier alpha value is -1.29. The lowest BCUT2D eigenvalue weighted by molar-refractivity contribution is 0.0697. The van der Waals surface area contributed by atoms with E-state index in [0.29, 0.717) is 11.0 Å². The Morgan fingerprint density at radius 3 is 2.75 bits per heavy atom. The summed E-state index contributed by atoms with van der Waals surface area (Å²) in [6.45, 7) is 3.05. The van der Waals surface area contributed by atoms with Gasteiger partial charge in [-0.15, -0.1) is 0 Å². The molecule has 0 spiro atoms. The second-order valence-electron chi connectivity index (χ2n) is 5.68. The molecule has 0 aromatic carbocycles. The summed E-state index contributed by atoms with van der Waals surface area (Å²) in [6, 6.07) is 2.99. The predicted octanol–water partition coefficient (Wildman–Crippen LogP) is 4.06. The molecule has 0 radical (unpaired) electrons. The van der Waals surface area contributed by atoms with E-state index >= 15 is 0 Å². The highest BCUT2D eigenvalue weighted by molar-refractivity contribution is 6.29. The summed E-state index contributed by atoms with van der Waals surface area (Å²) in [7, 11) is 0. The molecule has 0 saturated heterocycles. The van der Waals surface area contributed by atoms with Crippen LogP contribution >= 0.6 is 11.6 Å². The molecule has 0 aliphatic heterocycles. The number of carboxylic acids is 1. The van der Waals surface area contributed by atoms with Crippen molar-refractivity contribution in [3.05, 3.63) is 22.8 Å². The fourth-order valence-electron chi connectivity index (χ4n) is 2.76. The molecule has 1 heterocycles. The Kier molecular flexibility index (Phi) is 5.24. The summed E-state index contributed by atoms with van der Waals surface area (Å²) in [5.41, 5.74) is 0.173. The van der Waals surface area contributed by atoms with Crippen molar-refractivity contribution in [1.82, 2.24) is 4.98 Å². The Morgan fingerprint density at radius 1 is 1.40 bits per heavy atom. The van der Waals surface area contributed by atoms with Crippen molar-refractivity contribution in [3.8, 4) is 0 Å². The first-order valence-corrected chi connectivity index (χ1v) is 7.57. The van der Waals surface area contributed by atoms with Gasteiger partial charge in [-0.3, -0.25) is 0 Å². The van der Waals surface area contributed by atoms with Gasteiger partial charge in [-0.2, -0.15) is 0 Å². The van der Waals surface area contributed by atoms with Gasteiger partial charge in [0, 0.05) is 6.54 Å². The minimum absolute atomic E-state index is 0.173. The van der Waals surface area contributed by atoms with Gasteiger partial charge in [0.2, 0.25) is 0 Å². The van der Waals surface area contributed by atoms with Crippen LogP contribution in [0.25, 0.3) is 0 Å². The van der Waals surface area contributed by atoms with Gasteiger partial charge >= 0.3 is 5.97 Å². The van der Waals surface area contributed by atoms with Crippen molar-refractivity contribution >= 4 is 23.4 Å². The summed E-state index contributed by atoms with van der Waals surface area (Å²) < 4.78 is 0. The molecule has 1 saturated carbocycles. The van der Waals surface area contributed by atoms with E-state index in [1.165, 1.54) is 37.8 Å². The third kappa shape index (κ3) is 4.10. The molecule has 1 aromatic heterocycles. The van der Waals surface area contributed by atoms with Crippen LogP contribution in [0.2, 0.25) is 5.15 Å². The van der Waals surface area contributed by atoms with E-state index in [1.54, 1.807) is 0 Å². The van der Waals surface area contributed by atoms with Crippen molar-refractivity contribution in [2.45, 2.75) is 39.0 Å². The largest absolute Gasteiger partial charge is 0.478 e. The number of aromatic carboxylic acids is 1.